The number of aryl methyl sites for hydroxylation is 1. The molecule has 1 fully saturated rings. The number of hydrogen-bond acceptors (Lipinski definition) is 7. The van der Waals surface area contributed by atoms with E-state index in [-0.39, 0.29) is 5.78 Å². The smallest absolute Gasteiger partial charge is 0.0466 e. The highest BCUT2D eigenvalue weighted by atomic mass is 31.0. The van der Waals surface area contributed by atoms with E-state index in [4.69, 9.17) is 17.2 Å². The maximum atomic E-state index is 6.26. The fraction of sp³-hybridized carbons (Fsp3) is 0.471. The third kappa shape index (κ3) is 13.9. The molecule has 0 radical (unpaired) electrons. The number of unbranched alkanes of at least 4 members (excludes halogenated alkanes) is 3. The molecule has 3 rings (SSSR count). The van der Waals surface area contributed by atoms with Gasteiger partial charge in [0.05, 0.1) is 0 Å². The Kier molecular flexibility index (Phi) is 17.6. The minimum absolute atomic E-state index is 0.224. The van der Waals surface area contributed by atoms with Crippen LogP contribution >= 0.6 is 9.24 Å². The number of nitrogens with zero attached hydrogens (tertiary/aromatic N) is 1. The Morgan fingerprint density at radius 3 is 2.43 bits per heavy atom. The summed E-state index contributed by atoms with van der Waals surface area (Å²) in [4.78, 5) is 2.29. The number of benzene rings is 2. The fourth-order valence-corrected chi connectivity index (χ4v) is 5.30. The molecular weight excluding hydrogens is 537 g/mol. The summed E-state index contributed by atoms with van der Waals surface area (Å²) < 4.78 is 0. The monoisotopic (exact) mass is 593 g/mol. The van der Waals surface area contributed by atoms with Gasteiger partial charge in [-0.05, 0) is 68.5 Å². The van der Waals surface area contributed by atoms with Crippen LogP contribution in [0.4, 0.5) is 0 Å². The summed E-state index contributed by atoms with van der Waals surface area (Å²) in [6.45, 7) is 14.0. The molecule has 1 heterocycles. The molecule has 7 nitrogen and oxygen atoms in total. The largest absolute Gasteiger partial charge is 0.401 e. The zero-order valence-corrected chi connectivity index (χ0v) is 26.9. The quantitative estimate of drug-likeness (QED) is 0.108. The molecule has 8 heteroatoms. The lowest BCUT2D eigenvalue weighted by Crippen LogP contribution is -2.32. The summed E-state index contributed by atoms with van der Waals surface area (Å²) in [6.07, 6.45) is 11.5. The molecule has 4 unspecified atom stereocenters. The first-order valence-electron chi connectivity index (χ1n) is 15.4. The first kappa shape index (κ1) is 35.4. The molecule has 0 saturated carbocycles. The van der Waals surface area contributed by atoms with Crippen LogP contribution in [-0.2, 0) is 13.0 Å². The fourth-order valence-electron chi connectivity index (χ4n) is 4.96. The van der Waals surface area contributed by atoms with Gasteiger partial charge >= 0.3 is 0 Å². The molecule has 232 valence electrons. The van der Waals surface area contributed by atoms with Crippen molar-refractivity contribution in [2.45, 2.75) is 76.3 Å². The number of likely N-dealkylation sites (tertiary alicyclic amines) is 1. The second-order valence-electron chi connectivity index (χ2n) is 11.0. The van der Waals surface area contributed by atoms with E-state index in [1.165, 1.54) is 36.0 Å². The lowest BCUT2D eigenvalue weighted by atomic mass is 10.1. The number of hydrogen-bond donors (Lipinski definition) is 6. The second kappa shape index (κ2) is 21.0. The van der Waals surface area contributed by atoms with Gasteiger partial charge in [0.2, 0.25) is 0 Å². The van der Waals surface area contributed by atoms with Crippen LogP contribution in [0.2, 0.25) is 0 Å². The highest BCUT2D eigenvalue weighted by Crippen LogP contribution is 2.22. The van der Waals surface area contributed by atoms with Crippen LogP contribution in [0.5, 0.6) is 0 Å². The van der Waals surface area contributed by atoms with Gasteiger partial charge in [-0.15, -0.1) is 9.24 Å². The van der Waals surface area contributed by atoms with Gasteiger partial charge < -0.3 is 38.1 Å². The molecule has 1 aliphatic rings. The van der Waals surface area contributed by atoms with E-state index in [0.29, 0.717) is 18.6 Å². The minimum Gasteiger partial charge on any atom is -0.401 e. The van der Waals surface area contributed by atoms with Crippen LogP contribution in [0.25, 0.3) is 0 Å². The van der Waals surface area contributed by atoms with Crippen LogP contribution in [0.15, 0.2) is 91.5 Å². The van der Waals surface area contributed by atoms with Crippen LogP contribution in [0, 0.1) is 0 Å². The molecule has 9 N–H and O–H groups in total. The summed E-state index contributed by atoms with van der Waals surface area (Å²) >= 11 is 0. The number of nitrogens with two attached hydrogens (primary N) is 3. The van der Waals surface area contributed by atoms with Crippen LogP contribution in [0.1, 0.15) is 67.9 Å². The van der Waals surface area contributed by atoms with Crippen LogP contribution in [-0.4, -0.2) is 43.2 Å². The van der Waals surface area contributed by atoms with Gasteiger partial charge in [-0.25, -0.2) is 0 Å². The van der Waals surface area contributed by atoms with Crippen molar-refractivity contribution in [1.82, 2.24) is 20.9 Å². The topological polar surface area (TPSA) is 117 Å². The first-order chi connectivity index (χ1) is 20.4. The third-order valence-electron chi connectivity index (χ3n) is 7.55. The highest BCUT2D eigenvalue weighted by Gasteiger charge is 2.28. The van der Waals surface area contributed by atoms with Crippen molar-refractivity contribution in [2.24, 2.45) is 17.2 Å². The predicted octanol–water partition coefficient (Wildman–Crippen LogP) is 4.85. The highest BCUT2D eigenvalue weighted by molar-refractivity contribution is 7.17. The Morgan fingerprint density at radius 1 is 1.05 bits per heavy atom. The van der Waals surface area contributed by atoms with Gasteiger partial charge in [-0.1, -0.05) is 80.6 Å². The van der Waals surface area contributed by atoms with Crippen molar-refractivity contribution in [3.8, 4) is 0 Å². The molecule has 1 aliphatic heterocycles. The van der Waals surface area contributed by atoms with Crippen molar-refractivity contribution in [2.75, 3.05) is 26.2 Å². The van der Waals surface area contributed by atoms with Gasteiger partial charge in [0.1, 0.15) is 0 Å². The first-order valence-corrected chi connectivity index (χ1v) is 16.1. The van der Waals surface area contributed by atoms with E-state index in [0.717, 1.165) is 63.3 Å². The van der Waals surface area contributed by atoms with Crippen molar-refractivity contribution < 1.29 is 0 Å². The van der Waals surface area contributed by atoms with E-state index in [9.17, 15) is 0 Å². The standard InChI is InChI=1S/C26H38N5P.C8H18N2/c1-19-14-25(18-31(19)20(2)15-27)29-17-24(28)13-10-21-8-11-23(12-9-21)26(32)30-16-22-6-4-3-5-7-22;1-2-10-8-6-4-3-5-7-9/h3-9,11-12,17,19,25-26,29-30H,2,10,13-16,18,27-28,32H2,1H3;2,10H,1,3-9H2/b24-17-;. The van der Waals surface area contributed by atoms with Crippen LogP contribution in [0.3, 0.4) is 0 Å². The third-order valence-corrected chi connectivity index (χ3v) is 8.17. The summed E-state index contributed by atoms with van der Waals surface area (Å²) in [5, 5.41) is 10.1. The van der Waals surface area contributed by atoms with E-state index in [2.05, 4.69) is 98.7 Å². The maximum absolute atomic E-state index is 6.26. The van der Waals surface area contributed by atoms with Crippen LogP contribution < -0.4 is 33.2 Å². The lowest BCUT2D eigenvalue weighted by Gasteiger charge is -2.24. The SMILES string of the molecule is C=C(CN)N1CC(N/C=C(\N)CCc2ccc(C(P)NCc3ccccc3)cc2)CC1C.C=CNCCCCCCN. The Bertz CT molecular complexity index is 1040. The summed E-state index contributed by atoms with van der Waals surface area (Å²) in [5.74, 6) is 0.224. The van der Waals surface area contributed by atoms with E-state index in [1.54, 1.807) is 6.20 Å². The van der Waals surface area contributed by atoms with Gasteiger partial charge in [0.15, 0.2) is 0 Å². The van der Waals surface area contributed by atoms with E-state index >= 15 is 0 Å². The van der Waals surface area contributed by atoms with E-state index < -0.39 is 0 Å². The van der Waals surface area contributed by atoms with Gasteiger partial charge in [0.25, 0.3) is 0 Å². The zero-order valence-electron chi connectivity index (χ0n) is 25.7. The Balaban J connectivity index is 0.000000528. The molecule has 42 heavy (non-hydrogen) atoms. The average Bonchev–Trinajstić information content (AvgIpc) is 3.40. The molecule has 0 amide bonds. The zero-order chi connectivity index (χ0) is 30.6. The Morgan fingerprint density at radius 2 is 1.76 bits per heavy atom. The summed E-state index contributed by atoms with van der Waals surface area (Å²) in [6, 6.07) is 20.1. The normalized spacial score (nSPS) is 17.2. The number of allylic oxidation sites excluding steroid dienone is 1. The molecule has 4 atom stereocenters. The molecule has 0 spiro atoms. The molecule has 1 saturated heterocycles. The second-order valence-corrected chi connectivity index (χ2v) is 11.7. The Hall–Kier alpha value is -2.83. The molecular formula is C34H56N7P. The summed E-state index contributed by atoms with van der Waals surface area (Å²) in [7, 11) is 2.89. The van der Waals surface area contributed by atoms with Gasteiger partial charge in [0, 0.05) is 61.6 Å². The van der Waals surface area contributed by atoms with Crippen molar-refractivity contribution in [1.29, 1.82) is 0 Å². The van der Waals surface area contributed by atoms with Gasteiger partial charge in [-0.2, -0.15) is 0 Å². The van der Waals surface area contributed by atoms with Crippen molar-refractivity contribution in [3.63, 3.8) is 0 Å². The van der Waals surface area contributed by atoms with Gasteiger partial charge in [-0.3, -0.25) is 0 Å². The molecule has 0 aromatic heterocycles. The van der Waals surface area contributed by atoms with E-state index in [1.807, 2.05) is 12.3 Å². The molecule has 0 bridgehead atoms. The molecule has 2 aromatic carbocycles. The van der Waals surface area contributed by atoms with Crippen molar-refractivity contribution >= 4 is 9.24 Å². The predicted molar refractivity (Wildman–Crippen MR) is 184 cm³/mol. The summed E-state index contributed by atoms with van der Waals surface area (Å²) in [5.41, 5.74) is 23.1. The Labute approximate surface area is 257 Å². The molecule has 2 aromatic rings. The number of nitrogens with one attached hydrogen (secondary N) is 3. The molecule has 0 aliphatic carbocycles. The average molecular weight is 594 g/mol. The van der Waals surface area contributed by atoms with Crippen molar-refractivity contribution in [3.05, 3.63) is 108 Å². The maximum Gasteiger partial charge on any atom is 0.0466 e. The minimum atomic E-state index is 0.224. The number of rotatable bonds is 18. The lowest BCUT2D eigenvalue weighted by molar-refractivity contribution is 0.334.